The van der Waals surface area contributed by atoms with E-state index in [9.17, 15) is 8.42 Å². The van der Waals surface area contributed by atoms with Crippen molar-refractivity contribution in [2.24, 2.45) is 16.8 Å². The Balaban J connectivity index is 1.94. The molecule has 3 unspecified atom stereocenters. The number of rotatable bonds is 1. The molecule has 1 aromatic rings. The Bertz CT molecular complexity index is 652. The number of sulfonamides is 1. The van der Waals surface area contributed by atoms with Crippen LogP contribution < -0.4 is 4.72 Å². The van der Waals surface area contributed by atoms with E-state index in [1.165, 1.54) is 6.42 Å². The van der Waals surface area contributed by atoms with Crippen molar-refractivity contribution in [3.05, 3.63) is 29.8 Å². The molecule has 0 bridgehead atoms. The minimum atomic E-state index is -3.41. The van der Waals surface area contributed by atoms with Crippen LogP contribution in [0.5, 0.6) is 0 Å². The van der Waals surface area contributed by atoms with Crippen molar-refractivity contribution in [1.82, 2.24) is 4.72 Å². The van der Waals surface area contributed by atoms with E-state index in [4.69, 9.17) is 4.99 Å². The van der Waals surface area contributed by atoms with Crippen molar-refractivity contribution in [3.8, 4) is 0 Å². The molecule has 4 nitrogen and oxygen atoms in total. The first-order valence-electron chi connectivity index (χ1n) is 7.17. The standard InChI is InChI=1S/C15H20N2O2S/c1-10-7-8-13(11(2)9-10)16-15-12-5-3-4-6-14(12)20(18,19)17-15/h3-6,10-11,13H,7-9H2,1-2H3,(H,16,17). The third-order valence-electron chi connectivity index (χ3n) is 4.34. The first-order valence-corrected chi connectivity index (χ1v) is 8.65. The van der Waals surface area contributed by atoms with Crippen molar-refractivity contribution >= 4 is 15.9 Å². The molecule has 0 amide bonds. The molecule has 0 saturated heterocycles. The summed E-state index contributed by atoms with van der Waals surface area (Å²) < 4.78 is 26.7. The summed E-state index contributed by atoms with van der Waals surface area (Å²) in [4.78, 5) is 5.06. The Kier molecular flexibility index (Phi) is 3.32. The Morgan fingerprint density at radius 3 is 2.70 bits per heavy atom. The Morgan fingerprint density at radius 2 is 1.95 bits per heavy atom. The monoisotopic (exact) mass is 292 g/mol. The maximum absolute atomic E-state index is 12.0. The largest absolute Gasteiger partial charge is 0.264 e. The number of hydrogen-bond acceptors (Lipinski definition) is 3. The average molecular weight is 292 g/mol. The number of nitrogens with zero attached hydrogens (tertiary/aromatic N) is 1. The first kappa shape index (κ1) is 13.6. The zero-order valence-corrected chi connectivity index (χ0v) is 12.7. The maximum Gasteiger partial charge on any atom is 0.263 e. The maximum atomic E-state index is 12.0. The van der Waals surface area contributed by atoms with Gasteiger partial charge in [-0.2, -0.15) is 0 Å². The summed E-state index contributed by atoms with van der Waals surface area (Å²) in [6, 6.07) is 7.26. The third-order valence-corrected chi connectivity index (χ3v) is 5.74. The van der Waals surface area contributed by atoms with Crippen LogP contribution in [0.4, 0.5) is 0 Å². The van der Waals surface area contributed by atoms with Crippen LogP contribution in [0.3, 0.4) is 0 Å². The van der Waals surface area contributed by atoms with Crippen molar-refractivity contribution in [2.45, 2.75) is 44.0 Å². The van der Waals surface area contributed by atoms with Gasteiger partial charge in [0.15, 0.2) is 0 Å². The van der Waals surface area contributed by atoms with Crippen LogP contribution in [-0.2, 0) is 10.0 Å². The van der Waals surface area contributed by atoms with E-state index in [1.54, 1.807) is 12.1 Å². The van der Waals surface area contributed by atoms with Gasteiger partial charge in [0, 0.05) is 5.56 Å². The summed E-state index contributed by atoms with van der Waals surface area (Å²) in [5, 5.41) is 0. The molecule has 2 aliphatic rings. The molecule has 1 aliphatic heterocycles. The molecule has 1 fully saturated rings. The lowest BCUT2D eigenvalue weighted by Crippen LogP contribution is -2.29. The molecule has 1 saturated carbocycles. The fourth-order valence-electron chi connectivity index (χ4n) is 3.24. The zero-order valence-electron chi connectivity index (χ0n) is 11.8. The van der Waals surface area contributed by atoms with Crippen LogP contribution in [-0.4, -0.2) is 20.3 Å². The molecule has 1 aromatic carbocycles. The lowest BCUT2D eigenvalue weighted by Gasteiger charge is -2.30. The summed E-state index contributed by atoms with van der Waals surface area (Å²) in [7, 11) is -3.41. The Labute approximate surface area is 120 Å². The van der Waals surface area contributed by atoms with Gasteiger partial charge >= 0.3 is 0 Å². The molecule has 1 heterocycles. The number of amidine groups is 1. The highest BCUT2D eigenvalue weighted by atomic mass is 32.2. The van der Waals surface area contributed by atoms with E-state index < -0.39 is 10.0 Å². The van der Waals surface area contributed by atoms with E-state index >= 15 is 0 Å². The van der Waals surface area contributed by atoms with Crippen LogP contribution in [0.15, 0.2) is 34.2 Å². The minimum Gasteiger partial charge on any atom is -0.264 e. The van der Waals surface area contributed by atoms with Gasteiger partial charge in [-0.05, 0) is 43.2 Å². The smallest absolute Gasteiger partial charge is 0.263 e. The number of nitrogens with one attached hydrogen (secondary N) is 1. The van der Waals surface area contributed by atoms with Crippen LogP contribution in [0.25, 0.3) is 0 Å². The topological polar surface area (TPSA) is 58.5 Å². The van der Waals surface area contributed by atoms with Gasteiger partial charge in [0.2, 0.25) is 0 Å². The van der Waals surface area contributed by atoms with E-state index in [0.29, 0.717) is 22.2 Å². The summed E-state index contributed by atoms with van der Waals surface area (Å²) in [5.41, 5.74) is 0.707. The molecule has 20 heavy (non-hydrogen) atoms. The normalized spacial score (nSPS) is 33.7. The minimum absolute atomic E-state index is 0.218. The molecular formula is C15H20N2O2S. The molecule has 0 radical (unpaired) electrons. The van der Waals surface area contributed by atoms with Crippen LogP contribution in [0.2, 0.25) is 0 Å². The second kappa shape index (κ2) is 4.88. The van der Waals surface area contributed by atoms with Crippen LogP contribution in [0.1, 0.15) is 38.7 Å². The molecule has 108 valence electrons. The SMILES string of the molecule is CC1CCC(N=C2NS(=O)(=O)c3ccccc32)C(C)C1. The number of fused-ring (bicyclic) bond motifs is 1. The number of hydrogen-bond donors (Lipinski definition) is 1. The Hall–Kier alpha value is -1.36. The van der Waals surface area contributed by atoms with Gasteiger partial charge in [-0.3, -0.25) is 9.71 Å². The zero-order chi connectivity index (χ0) is 14.3. The molecule has 0 spiro atoms. The Morgan fingerprint density at radius 1 is 1.20 bits per heavy atom. The summed E-state index contributed by atoms with van der Waals surface area (Å²) >= 11 is 0. The van der Waals surface area contributed by atoms with Gasteiger partial charge in [0.05, 0.1) is 10.9 Å². The van der Waals surface area contributed by atoms with E-state index in [2.05, 4.69) is 18.6 Å². The van der Waals surface area contributed by atoms with Crippen molar-refractivity contribution in [3.63, 3.8) is 0 Å². The third kappa shape index (κ3) is 2.35. The highest BCUT2D eigenvalue weighted by Crippen LogP contribution is 2.32. The van der Waals surface area contributed by atoms with Crippen LogP contribution >= 0.6 is 0 Å². The quantitative estimate of drug-likeness (QED) is 0.864. The molecule has 5 heteroatoms. The van der Waals surface area contributed by atoms with Gasteiger partial charge in [-0.15, -0.1) is 0 Å². The van der Waals surface area contributed by atoms with Crippen LogP contribution in [0, 0.1) is 11.8 Å². The highest BCUT2D eigenvalue weighted by molar-refractivity contribution is 7.90. The fraction of sp³-hybridized carbons (Fsp3) is 0.533. The molecule has 0 aromatic heterocycles. The van der Waals surface area contributed by atoms with Gasteiger partial charge in [0.1, 0.15) is 5.84 Å². The molecular weight excluding hydrogens is 272 g/mol. The van der Waals surface area contributed by atoms with Crippen molar-refractivity contribution in [2.75, 3.05) is 0 Å². The van der Waals surface area contributed by atoms with Gasteiger partial charge < -0.3 is 0 Å². The predicted molar refractivity (Wildman–Crippen MR) is 79.3 cm³/mol. The van der Waals surface area contributed by atoms with Crippen molar-refractivity contribution < 1.29 is 8.42 Å². The summed E-state index contributed by atoms with van der Waals surface area (Å²) in [6.45, 7) is 4.48. The highest BCUT2D eigenvalue weighted by Gasteiger charge is 2.32. The van der Waals surface area contributed by atoms with Gasteiger partial charge in [-0.25, -0.2) is 8.42 Å². The van der Waals surface area contributed by atoms with E-state index in [-0.39, 0.29) is 6.04 Å². The number of aliphatic imine (C=N–C) groups is 1. The second-order valence-electron chi connectivity index (χ2n) is 6.04. The van der Waals surface area contributed by atoms with Gasteiger partial charge in [0.25, 0.3) is 10.0 Å². The second-order valence-corrected chi connectivity index (χ2v) is 7.69. The summed E-state index contributed by atoms with van der Waals surface area (Å²) in [5.74, 6) is 1.77. The van der Waals surface area contributed by atoms with Gasteiger partial charge in [-0.1, -0.05) is 26.0 Å². The van der Waals surface area contributed by atoms with Crippen molar-refractivity contribution in [1.29, 1.82) is 0 Å². The van der Waals surface area contributed by atoms with E-state index in [1.807, 2.05) is 12.1 Å². The van der Waals surface area contributed by atoms with E-state index in [0.717, 1.165) is 18.8 Å². The molecule has 1 aliphatic carbocycles. The lowest BCUT2D eigenvalue weighted by molar-refractivity contribution is 0.264. The fourth-order valence-corrected chi connectivity index (χ4v) is 4.48. The predicted octanol–water partition coefficient (Wildman–Crippen LogP) is 2.55. The lowest BCUT2D eigenvalue weighted by atomic mass is 9.80. The first-order chi connectivity index (χ1) is 9.47. The molecule has 1 N–H and O–H groups in total. The number of benzene rings is 1. The molecule has 3 rings (SSSR count). The summed E-state index contributed by atoms with van der Waals surface area (Å²) in [6.07, 6.45) is 3.37. The average Bonchev–Trinajstić information content (AvgIpc) is 2.65. The molecule has 3 atom stereocenters.